The Morgan fingerprint density at radius 1 is 0.574 bits per heavy atom. The van der Waals surface area contributed by atoms with Gasteiger partial charge in [0.1, 0.15) is 0 Å². The Kier molecular flexibility index (Phi) is 6.51. The van der Waals surface area contributed by atoms with Gasteiger partial charge in [0.15, 0.2) is 0 Å². The molecule has 224 valence electrons. The highest BCUT2D eigenvalue weighted by atomic mass is 15.5. The largest absolute Gasteiger partial charge is 0.309 e. The van der Waals surface area contributed by atoms with Gasteiger partial charge in [0, 0.05) is 28.6 Å². The summed E-state index contributed by atoms with van der Waals surface area (Å²) in [6, 6.07) is 50.2. The molecule has 0 fully saturated rings. The Hall–Kier alpha value is -5.90. The summed E-state index contributed by atoms with van der Waals surface area (Å²) >= 11 is 0. The minimum Gasteiger partial charge on any atom is -0.309 e. The monoisotopic (exact) mass is 603 g/mol. The van der Waals surface area contributed by atoms with Gasteiger partial charge >= 0.3 is 0 Å². The first-order valence-corrected chi connectivity index (χ1v) is 16.2. The number of allylic oxidation sites excluding steroid dienone is 5. The number of para-hydroxylation sites is 2. The van der Waals surface area contributed by atoms with Crippen LogP contribution in [0.3, 0.4) is 0 Å². The second-order valence-electron chi connectivity index (χ2n) is 12.3. The number of hydrogen-bond donors (Lipinski definition) is 1. The second kappa shape index (κ2) is 11.2. The number of benzene rings is 6. The summed E-state index contributed by atoms with van der Waals surface area (Å²) in [5.74, 6) is 0. The SMILES string of the molecule is C=C1/C=C\C(c2ccc(-n3c4ccccc4c4ccc5c(c43)CNN5c3ccccc3)cc2)=C/Cc2ccccc2-c2ccccc21. The third-order valence-corrected chi connectivity index (χ3v) is 9.63. The van der Waals surface area contributed by atoms with Gasteiger partial charge < -0.3 is 4.57 Å². The molecule has 0 atom stereocenters. The molecule has 2 heterocycles. The Balaban J connectivity index is 1.15. The van der Waals surface area contributed by atoms with E-state index in [0.717, 1.165) is 29.9 Å². The van der Waals surface area contributed by atoms with E-state index in [1.807, 2.05) is 0 Å². The molecular weight excluding hydrogens is 571 g/mol. The molecule has 1 aliphatic heterocycles. The summed E-state index contributed by atoms with van der Waals surface area (Å²) in [5, 5.41) is 4.75. The van der Waals surface area contributed by atoms with Crippen LogP contribution >= 0.6 is 0 Å². The summed E-state index contributed by atoms with van der Waals surface area (Å²) in [6.07, 6.45) is 7.58. The van der Waals surface area contributed by atoms with Crippen LogP contribution in [-0.4, -0.2) is 4.57 Å². The number of hydrogen-bond acceptors (Lipinski definition) is 2. The molecule has 7 aromatic rings. The van der Waals surface area contributed by atoms with Gasteiger partial charge in [-0.3, -0.25) is 5.01 Å². The van der Waals surface area contributed by atoms with Crippen molar-refractivity contribution in [1.29, 1.82) is 0 Å². The lowest BCUT2D eigenvalue weighted by Crippen LogP contribution is -2.26. The average Bonchev–Trinajstić information content (AvgIpc) is 3.72. The zero-order valence-corrected chi connectivity index (χ0v) is 26.0. The van der Waals surface area contributed by atoms with Crippen LogP contribution in [0.15, 0.2) is 164 Å². The maximum absolute atomic E-state index is 4.46. The number of fused-ring (bicyclic) bond motifs is 8. The summed E-state index contributed by atoms with van der Waals surface area (Å²) < 4.78 is 2.44. The fourth-order valence-corrected chi connectivity index (χ4v) is 7.36. The van der Waals surface area contributed by atoms with Crippen LogP contribution in [0, 0.1) is 0 Å². The van der Waals surface area contributed by atoms with E-state index in [9.17, 15) is 0 Å². The van der Waals surface area contributed by atoms with Gasteiger partial charge in [-0.15, -0.1) is 0 Å². The molecule has 3 nitrogen and oxygen atoms in total. The van der Waals surface area contributed by atoms with E-state index in [1.165, 1.54) is 66.4 Å². The Morgan fingerprint density at radius 2 is 1.30 bits per heavy atom. The third-order valence-electron chi connectivity index (χ3n) is 9.63. The Labute approximate surface area is 275 Å². The molecule has 0 spiro atoms. The topological polar surface area (TPSA) is 20.2 Å². The molecule has 1 aliphatic carbocycles. The van der Waals surface area contributed by atoms with E-state index < -0.39 is 0 Å². The first kappa shape index (κ1) is 27.4. The van der Waals surface area contributed by atoms with Crippen molar-refractivity contribution in [3.8, 4) is 16.8 Å². The lowest BCUT2D eigenvalue weighted by Gasteiger charge is -2.19. The first-order chi connectivity index (χ1) is 23.2. The molecule has 2 aliphatic rings. The molecule has 0 amide bonds. The average molecular weight is 604 g/mol. The number of aromatic nitrogens is 1. The molecule has 0 unspecified atom stereocenters. The Morgan fingerprint density at radius 3 is 2.15 bits per heavy atom. The maximum Gasteiger partial charge on any atom is 0.0645 e. The van der Waals surface area contributed by atoms with Crippen LogP contribution in [0.2, 0.25) is 0 Å². The van der Waals surface area contributed by atoms with E-state index in [1.54, 1.807) is 0 Å². The van der Waals surface area contributed by atoms with Crippen LogP contribution in [0.4, 0.5) is 11.4 Å². The molecule has 0 bridgehead atoms. The molecule has 0 saturated carbocycles. The predicted octanol–water partition coefficient (Wildman–Crippen LogP) is 10.8. The van der Waals surface area contributed by atoms with Gasteiger partial charge in [0.25, 0.3) is 0 Å². The summed E-state index contributed by atoms with van der Waals surface area (Å²) in [7, 11) is 0. The minimum absolute atomic E-state index is 0.766. The van der Waals surface area contributed by atoms with E-state index in [2.05, 4.69) is 179 Å². The molecule has 3 heteroatoms. The normalized spacial score (nSPS) is 16.0. The van der Waals surface area contributed by atoms with Crippen molar-refractivity contribution in [2.45, 2.75) is 13.0 Å². The first-order valence-electron chi connectivity index (χ1n) is 16.2. The highest BCUT2D eigenvalue weighted by Crippen LogP contribution is 2.42. The second-order valence-corrected chi connectivity index (χ2v) is 12.3. The van der Waals surface area contributed by atoms with Crippen molar-refractivity contribution >= 4 is 44.3 Å². The summed E-state index contributed by atoms with van der Waals surface area (Å²) in [6.45, 7) is 5.23. The van der Waals surface area contributed by atoms with Gasteiger partial charge in [0.2, 0.25) is 0 Å². The van der Waals surface area contributed by atoms with E-state index in [0.29, 0.717) is 0 Å². The molecular formula is C44H33N3. The van der Waals surface area contributed by atoms with Gasteiger partial charge in [-0.2, -0.15) is 0 Å². The Bertz CT molecular complexity index is 2390. The fraction of sp³-hybridized carbons (Fsp3) is 0.0455. The number of hydrazine groups is 1. The standard InChI is InChI=1S/C44H33N3/c1-30-19-20-31(21-22-33-11-5-6-15-37(33)38-16-8-7-14-36(30)38)32-23-25-34(26-24-32)46-42-18-10-9-17-39(42)40-27-28-43-41(44(40)46)29-45-47(43)35-12-3-2-4-13-35/h2-21,23-28,45H,1,22,29H2/b20-19-,31-21+. The summed E-state index contributed by atoms with van der Waals surface area (Å²) in [4.78, 5) is 0. The van der Waals surface area contributed by atoms with Crippen LogP contribution in [0.1, 0.15) is 22.3 Å². The molecule has 47 heavy (non-hydrogen) atoms. The maximum atomic E-state index is 4.46. The van der Waals surface area contributed by atoms with E-state index >= 15 is 0 Å². The lowest BCUT2D eigenvalue weighted by atomic mass is 9.89. The highest BCUT2D eigenvalue weighted by Gasteiger charge is 2.26. The number of nitrogens with zero attached hydrogens (tertiary/aromatic N) is 2. The van der Waals surface area contributed by atoms with Crippen molar-refractivity contribution in [1.82, 2.24) is 9.99 Å². The summed E-state index contributed by atoms with van der Waals surface area (Å²) in [5.41, 5.74) is 19.3. The highest BCUT2D eigenvalue weighted by molar-refractivity contribution is 6.12. The van der Waals surface area contributed by atoms with Crippen molar-refractivity contribution in [3.63, 3.8) is 0 Å². The molecule has 0 saturated heterocycles. The number of anilines is 2. The molecule has 9 rings (SSSR count). The quantitative estimate of drug-likeness (QED) is 0.217. The minimum atomic E-state index is 0.766. The van der Waals surface area contributed by atoms with Crippen LogP contribution in [0.5, 0.6) is 0 Å². The number of nitrogens with one attached hydrogen (secondary N) is 1. The lowest BCUT2D eigenvalue weighted by molar-refractivity contribution is 0.766. The zero-order valence-electron chi connectivity index (χ0n) is 26.0. The van der Waals surface area contributed by atoms with Crippen molar-refractivity contribution in [2.24, 2.45) is 0 Å². The predicted molar refractivity (Wildman–Crippen MR) is 198 cm³/mol. The fourth-order valence-electron chi connectivity index (χ4n) is 7.36. The zero-order chi connectivity index (χ0) is 31.3. The smallest absolute Gasteiger partial charge is 0.0645 e. The van der Waals surface area contributed by atoms with Crippen LogP contribution in [-0.2, 0) is 13.0 Å². The van der Waals surface area contributed by atoms with E-state index in [-0.39, 0.29) is 0 Å². The van der Waals surface area contributed by atoms with Crippen LogP contribution < -0.4 is 10.4 Å². The van der Waals surface area contributed by atoms with Crippen molar-refractivity contribution in [2.75, 3.05) is 5.01 Å². The molecule has 1 aromatic heterocycles. The number of rotatable bonds is 3. The molecule has 1 N–H and O–H groups in total. The van der Waals surface area contributed by atoms with Gasteiger partial charge in [0.05, 0.1) is 22.4 Å². The molecule has 0 radical (unpaired) electrons. The van der Waals surface area contributed by atoms with Crippen molar-refractivity contribution in [3.05, 3.63) is 187 Å². The van der Waals surface area contributed by atoms with Crippen LogP contribution in [0.25, 0.3) is 49.8 Å². The van der Waals surface area contributed by atoms with Gasteiger partial charge in [-0.25, -0.2) is 5.43 Å². The van der Waals surface area contributed by atoms with Gasteiger partial charge in [-0.1, -0.05) is 128 Å². The van der Waals surface area contributed by atoms with Crippen molar-refractivity contribution < 1.29 is 0 Å². The third kappa shape index (κ3) is 4.55. The molecule has 6 aromatic carbocycles. The van der Waals surface area contributed by atoms with E-state index in [4.69, 9.17) is 0 Å². The van der Waals surface area contributed by atoms with Gasteiger partial charge in [-0.05, 0) is 81.8 Å².